The highest BCUT2D eigenvalue weighted by atomic mass is 79.9. The van der Waals surface area contributed by atoms with Crippen LogP contribution in [0.25, 0.3) is 44.8 Å². The molecule has 0 radical (unpaired) electrons. The van der Waals surface area contributed by atoms with E-state index < -0.39 is 0 Å². The van der Waals surface area contributed by atoms with Crippen LogP contribution < -0.4 is 0 Å². The van der Waals surface area contributed by atoms with Crippen molar-refractivity contribution in [2.75, 3.05) is 0 Å². The number of rotatable bonds is 3. The Kier molecular flexibility index (Phi) is 4.02. The number of aromatic nitrogens is 3. The fourth-order valence-corrected chi connectivity index (χ4v) is 3.79. The van der Waals surface area contributed by atoms with E-state index >= 15 is 0 Å². The molecule has 5 aromatic rings. The second kappa shape index (κ2) is 6.69. The van der Waals surface area contributed by atoms with Crippen molar-refractivity contribution in [3.8, 4) is 39.7 Å². The quantitative estimate of drug-likeness (QED) is 0.312. The molecule has 5 rings (SSSR count). The molecule has 0 fully saturated rings. The summed E-state index contributed by atoms with van der Waals surface area (Å²) in [6, 6.07) is 23.4. The summed E-state index contributed by atoms with van der Waals surface area (Å²) in [6.07, 6.45) is 1.98. The van der Waals surface area contributed by atoms with E-state index in [-0.39, 0.29) is 5.75 Å². The summed E-state index contributed by atoms with van der Waals surface area (Å²) in [6.45, 7) is 0. The maximum Gasteiger partial charge on any atom is 0.140 e. The number of aromatic amines is 2. The van der Waals surface area contributed by atoms with Gasteiger partial charge < -0.3 is 15.1 Å². The van der Waals surface area contributed by atoms with Gasteiger partial charge in [0.1, 0.15) is 11.6 Å². The van der Waals surface area contributed by atoms with Gasteiger partial charge in [-0.05, 0) is 42.5 Å². The summed E-state index contributed by atoms with van der Waals surface area (Å²) in [5.74, 6) is 1.04. The molecule has 0 unspecified atom stereocenters. The molecule has 0 amide bonds. The predicted molar refractivity (Wildman–Crippen MR) is 116 cm³/mol. The highest BCUT2D eigenvalue weighted by Gasteiger charge is 2.17. The molecule has 0 saturated carbocycles. The monoisotopic (exact) mass is 429 g/mol. The number of aromatic hydroxyl groups is 1. The zero-order chi connectivity index (χ0) is 19.1. The Bertz CT molecular complexity index is 1270. The van der Waals surface area contributed by atoms with Crippen molar-refractivity contribution in [3.63, 3.8) is 0 Å². The normalized spacial score (nSPS) is 11.2. The second-order valence-corrected chi connectivity index (χ2v) is 7.53. The van der Waals surface area contributed by atoms with Crippen LogP contribution in [-0.4, -0.2) is 20.1 Å². The van der Waals surface area contributed by atoms with Crippen molar-refractivity contribution in [2.45, 2.75) is 0 Å². The average molecular weight is 430 g/mol. The first kappa shape index (κ1) is 16.8. The molecule has 0 aliphatic rings. The van der Waals surface area contributed by atoms with Gasteiger partial charge in [0.25, 0.3) is 0 Å². The summed E-state index contributed by atoms with van der Waals surface area (Å²) in [4.78, 5) is 11.8. The Hall–Kier alpha value is -3.31. The van der Waals surface area contributed by atoms with Crippen LogP contribution in [0.3, 0.4) is 0 Å². The summed E-state index contributed by atoms with van der Waals surface area (Å²) in [7, 11) is 0. The summed E-state index contributed by atoms with van der Waals surface area (Å²) in [5, 5.41) is 10.8. The van der Waals surface area contributed by atoms with Gasteiger partial charge in [0.2, 0.25) is 0 Å². The molecule has 28 heavy (non-hydrogen) atoms. The van der Waals surface area contributed by atoms with Gasteiger partial charge in [-0.3, -0.25) is 0 Å². The van der Waals surface area contributed by atoms with Crippen molar-refractivity contribution >= 4 is 26.8 Å². The molecule has 0 atom stereocenters. The number of halogens is 1. The van der Waals surface area contributed by atoms with E-state index in [1.54, 1.807) is 12.1 Å². The Morgan fingerprint density at radius 3 is 2.43 bits per heavy atom. The Labute approximate surface area is 170 Å². The van der Waals surface area contributed by atoms with Crippen LogP contribution in [0.1, 0.15) is 0 Å². The van der Waals surface area contributed by atoms with E-state index in [4.69, 9.17) is 4.98 Å². The first-order valence-corrected chi connectivity index (χ1v) is 9.70. The molecule has 0 bridgehead atoms. The first-order valence-electron chi connectivity index (χ1n) is 8.91. The molecule has 2 heterocycles. The van der Waals surface area contributed by atoms with Gasteiger partial charge >= 0.3 is 0 Å². The third-order valence-electron chi connectivity index (χ3n) is 4.81. The number of imidazole rings is 1. The molecule has 0 aliphatic carbocycles. The fourth-order valence-electron chi connectivity index (χ4n) is 3.43. The molecule has 0 spiro atoms. The molecular formula is C23H16BrN3O. The van der Waals surface area contributed by atoms with Crippen LogP contribution >= 0.6 is 15.9 Å². The van der Waals surface area contributed by atoms with E-state index in [0.29, 0.717) is 0 Å². The molecule has 136 valence electrons. The average Bonchev–Trinajstić information content (AvgIpc) is 3.33. The van der Waals surface area contributed by atoms with Crippen molar-refractivity contribution in [3.05, 3.63) is 83.5 Å². The van der Waals surface area contributed by atoms with Gasteiger partial charge in [0.15, 0.2) is 0 Å². The maximum atomic E-state index is 9.66. The third-order valence-corrected chi connectivity index (χ3v) is 5.30. The van der Waals surface area contributed by atoms with Gasteiger partial charge in [0.05, 0.1) is 11.4 Å². The molecular weight excluding hydrogens is 414 g/mol. The zero-order valence-corrected chi connectivity index (χ0v) is 16.4. The van der Waals surface area contributed by atoms with E-state index in [0.717, 1.165) is 49.3 Å². The largest absolute Gasteiger partial charge is 0.508 e. The second-order valence-electron chi connectivity index (χ2n) is 6.61. The summed E-state index contributed by atoms with van der Waals surface area (Å²) in [5.41, 5.74) is 5.88. The minimum absolute atomic E-state index is 0.242. The molecule has 3 N–H and O–H groups in total. The number of hydrogen-bond acceptors (Lipinski definition) is 2. The minimum Gasteiger partial charge on any atom is -0.508 e. The number of H-pyrrole nitrogens is 2. The standard InChI is InChI=1S/C23H16BrN3O/c24-16-8-11-20-18(12-16)19(13-25-20)23-26-21(14-4-2-1-3-5-14)22(27-23)15-6-9-17(28)10-7-15/h1-13,25,28H,(H,26,27). The Morgan fingerprint density at radius 2 is 1.64 bits per heavy atom. The molecule has 2 aromatic heterocycles. The molecule has 5 heteroatoms. The van der Waals surface area contributed by atoms with E-state index in [9.17, 15) is 5.11 Å². The molecule has 0 saturated heterocycles. The van der Waals surface area contributed by atoms with Gasteiger partial charge in [0, 0.05) is 38.3 Å². The van der Waals surface area contributed by atoms with Crippen LogP contribution in [0.5, 0.6) is 5.75 Å². The zero-order valence-electron chi connectivity index (χ0n) is 14.8. The highest BCUT2D eigenvalue weighted by molar-refractivity contribution is 9.10. The number of hydrogen-bond donors (Lipinski definition) is 3. The maximum absolute atomic E-state index is 9.66. The number of fused-ring (bicyclic) bond motifs is 1. The lowest BCUT2D eigenvalue weighted by atomic mass is 10.1. The van der Waals surface area contributed by atoms with Gasteiger partial charge in [-0.2, -0.15) is 0 Å². The molecule has 4 nitrogen and oxygen atoms in total. The van der Waals surface area contributed by atoms with E-state index in [1.807, 2.05) is 48.7 Å². The van der Waals surface area contributed by atoms with E-state index in [1.165, 1.54) is 0 Å². The smallest absolute Gasteiger partial charge is 0.140 e. The van der Waals surface area contributed by atoms with Crippen LogP contribution in [-0.2, 0) is 0 Å². The Morgan fingerprint density at radius 1 is 0.857 bits per heavy atom. The fraction of sp³-hybridized carbons (Fsp3) is 0. The summed E-state index contributed by atoms with van der Waals surface area (Å²) >= 11 is 3.56. The third kappa shape index (κ3) is 2.90. The SMILES string of the molecule is Oc1ccc(-c2[nH]c(-c3c[nH]c4ccc(Br)cc34)nc2-c2ccccc2)cc1. The number of phenolic OH excluding ortho intramolecular Hbond substituents is 1. The van der Waals surface area contributed by atoms with Crippen LogP contribution in [0, 0.1) is 0 Å². The molecule has 3 aromatic carbocycles. The molecule has 0 aliphatic heterocycles. The van der Waals surface area contributed by atoms with Crippen molar-refractivity contribution < 1.29 is 5.11 Å². The Balaban J connectivity index is 1.73. The topological polar surface area (TPSA) is 64.7 Å². The van der Waals surface area contributed by atoms with Crippen molar-refractivity contribution in [1.29, 1.82) is 0 Å². The number of nitrogens with zero attached hydrogens (tertiary/aromatic N) is 1. The lowest BCUT2D eigenvalue weighted by Gasteiger charge is -2.03. The van der Waals surface area contributed by atoms with Gasteiger partial charge in [-0.25, -0.2) is 4.98 Å². The van der Waals surface area contributed by atoms with Crippen LogP contribution in [0.15, 0.2) is 83.5 Å². The number of phenols is 1. The lowest BCUT2D eigenvalue weighted by Crippen LogP contribution is -1.83. The number of benzene rings is 3. The van der Waals surface area contributed by atoms with Gasteiger partial charge in [-0.15, -0.1) is 0 Å². The van der Waals surface area contributed by atoms with Crippen molar-refractivity contribution in [1.82, 2.24) is 15.0 Å². The minimum atomic E-state index is 0.242. The van der Waals surface area contributed by atoms with E-state index in [2.05, 4.69) is 44.1 Å². The predicted octanol–water partition coefficient (Wildman–Crippen LogP) is 6.36. The lowest BCUT2D eigenvalue weighted by molar-refractivity contribution is 0.475. The van der Waals surface area contributed by atoms with Crippen molar-refractivity contribution in [2.24, 2.45) is 0 Å². The first-order chi connectivity index (χ1) is 13.7. The summed E-state index contributed by atoms with van der Waals surface area (Å²) < 4.78 is 1.02. The number of nitrogens with one attached hydrogen (secondary N) is 2. The highest BCUT2D eigenvalue weighted by Crippen LogP contribution is 2.36. The van der Waals surface area contributed by atoms with Gasteiger partial charge in [-0.1, -0.05) is 46.3 Å². The van der Waals surface area contributed by atoms with Crippen LogP contribution in [0.4, 0.5) is 0 Å². The van der Waals surface area contributed by atoms with Crippen LogP contribution in [0.2, 0.25) is 0 Å².